The van der Waals surface area contributed by atoms with Crippen molar-refractivity contribution in [3.8, 4) is 16.9 Å². The van der Waals surface area contributed by atoms with Gasteiger partial charge in [-0.2, -0.15) is 5.10 Å². The zero-order valence-corrected chi connectivity index (χ0v) is 23.1. The minimum Gasteiger partial charge on any atom is -0.458 e. The van der Waals surface area contributed by atoms with Crippen molar-refractivity contribution in [1.82, 2.24) is 14.7 Å². The number of nitrogens with zero attached hydrogens (tertiary/aromatic N) is 3. The van der Waals surface area contributed by atoms with Crippen LogP contribution < -0.4 is 0 Å². The summed E-state index contributed by atoms with van der Waals surface area (Å²) in [5.41, 5.74) is 5.04. The van der Waals surface area contributed by atoms with Gasteiger partial charge in [0.2, 0.25) is 0 Å². The Kier molecular flexibility index (Phi) is 7.87. The van der Waals surface area contributed by atoms with Crippen LogP contribution in [0, 0.1) is 0 Å². The molecule has 0 saturated carbocycles. The highest BCUT2D eigenvalue weighted by Crippen LogP contribution is 2.38. The molecule has 0 fully saturated rings. The second-order valence-electron chi connectivity index (χ2n) is 9.33. The van der Waals surface area contributed by atoms with Crippen molar-refractivity contribution in [3.05, 3.63) is 112 Å². The quantitative estimate of drug-likeness (QED) is 0.231. The number of esters is 1. The normalized spacial score (nSPS) is 14.1. The molecule has 39 heavy (non-hydrogen) atoms. The summed E-state index contributed by atoms with van der Waals surface area (Å²) in [4.78, 5) is 27.8. The van der Waals surface area contributed by atoms with Crippen molar-refractivity contribution in [2.75, 3.05) is 13.1 Å². The van der Waals surface area contributed by atoms with E-state index < -0.39 is 12.1 Å². The van der Waals surface area contributed by atoms with Crippen molar-refractivity contribution < 1.29 is 14.3 Å². The average Bonchev–Trinajstić information content (AvgIpc) is 3.34. The van der Waals surface area contributed by atoms with E-state index in [0.29, 0.717) is 40.1 Å². The molecule has 1 atom stereocenters. The van der Waals surface area contributed by atoms with Crippen molar-refractivity contribution in [2.24, 2.45) is 0 Å². The molecule has 1 aromatic heterocycles. The molecule has 0 spiro atoms. The molecule has 0 aliphatic carbocycles. The van der Waals surface area contributed by atoms with Gasteiger partial charge in [-0.15, -0.1) is 0 Å². The molecule has 6 nitrogen and oxygen atoms in total. The van der Waals surface area contributed by atoms with Crippen LogP contribution in [0.3, 0.4) is 0 Å². The number of hydrogen-bond donors (Lipinski definition) is 0. The van der Waals surface area contributed by atoms with Gasteiger partial charge in [-0.3, -0.25) is 9.59 Å². The van der Waals surface area contributed by atoms with E-state index in [0.717, 1.165) is 17.5 Å². The molecule has 1 unspecified atom stereocenters. The fourth-order valence-corrected chi connectivity index (χ4v) is 5.22. The first-order valence-electron chi connectivity index (χ1n) is 12.7. The zero-order valence-electron chi connectivity index (χ0n) is 21.6. The maximum absolute atomic E-state index is 14.0. The summed E-state index contributed by atoms with van der Waals surface area (Å²) in [6.07, 6.45) is 2.06. The Hall–Kier alpha value is -3.87. The molecule has 8 heteroatoms. The van der Waals surface area contributed by atoms with Gasteiger partial charge in [-0.05, 0) is 48.7 Å². The number of aromatic nitrogens is 2. The molecular formula is C31H27Cl2N3O3. The fourth-order valence-electron chi connectivity index (χ4n) is 4.88. The Balaban J connectivity index is 1.64. The van der Waals surface area contributed by atoms with Gasteiger partial charge in [-0.25, -0.2) is 4.68 Å². The van der Waals surface area contributed by atoms with Crippen LogP contribution in [0.5, 0.6) is 0 Å². The molecule has 0 radical (unpaired) electrons. The molecular weight excluding hydrogens is 533 g/mol. The van der Waals surface area contributed by atoms with Crippen molar-refractivity contribution in [3.63, 3.8) is 0 Å². The van der Waals surface area contributed by atoms with Crippen LogP contribution in [0.1, 0.15) is 48.0 Å². The van der Waals surface area contributed by atoms with E-state index in [2.05, 4.69) is 18.2 Å². The van der Waals surface area contributed by atoms with Gasteiger partial charge in [0.1, 0.15) is 6.10 Å². The highest BCUT2D eigenvalue weighted by atomic mass is 35.5. The lowest BCUT2D eigenvalue weighted by atomic mass is 9.98. The molecule has 5 rings (SSSR count). The highest BCUT2D eigenvalue weighted by Gasteiger charge is 2.33. The zero-order chi connectivity index (χ0) is 27.5. The van der Waals surface area contributed by atoms with Crippen LogP contribution in [0.15, 0.2) is 84.9 Å². The summed E-state index contributed by atoms with van der Waals surface area (Å²) >= 11 is 12.8. The van der Waals surface area contributed by atoms with Crippen molar-refractivity contribution >= 4 is 40.7 Å². The summed E-state index contributed by atoms with van der Waals surface area (Å²) < 4.78 is 7.28. The molecule has 0 bridgehead atoms. The summed E-state index contributed by atoms with van der Waals surface area (Å²) in [6, 6.07) is 24.7. The molecule has 0 N–H and O–H groups in total. The van der Waals surface area contributed by atoms with Gasteiger partial charge in [0.25, 0.3) is 5.91 Å². The lowest BCUT2D eigenvalue weighted by Crippen LogP contribution is -2.35. The third-order valence-electron chi connectivity index (χ3n) is 6.71. The number of para-hydroxylation sites is 1. The van der Waals surface area contributed by atoms with Crippen LogP contribution in [-0.2, 0) is 9.53 Å². The van der Waals surface area contributed by atoms with E-state index in [1.54, 1.807) is 34.7 Å². The highest BCUT2D eigenvalue weighted by molar-refractivity contribution is 6.32. The fraction of sp³-hybridized carbons (Fsp3) is 0.194. The Morgan fingerprint density at radius 2 is 1.62 bits per heavy atom. The number of carbonyl (C=O) groups is 2. The SMILES string of the molecule is CC(=O)OC(C)c1c(C(=O)N2CC=C(c3ccccc3)CC2)nn(-c2ccccc2Cl)c1-c1ccc(Cl)cc1. The first-order valence-corrected chi connectivity index (χ1v) is 13.4. The van der Waals surface area contributed by atoms with Gasteiger partial charge in [-0.1, -0.05) is 83.9 Å². The minimum atomic E-state index is -0.747. The van der Waals surface area contributed by atoms with Gasteiger partial charge in [0.05, 0.1) is 22.0 Å². The molecule has 0 saturated heterocycles. The largest absolute Gasteiger partial charge is 0.458 e. The molecule has 1 aliphatic heterocycles. The number of hydrogen-bond acceptors (Lipinski definition) is 4. The molecule has 3 aromatic carbocycles. The van der Waals surface area contributed by atoms with Crippen LogP contribution in [-0.4, -0.2) is 39.6 Å². The summed E-state index contributed by atoms with van der Waals surface area (Å²) in [5, 5.41) is 5.86. The van der Waals surface area contributed by atoms with Gasteiger partial charge < -0.3 is 9.64 Å². The molecule has 198 valence electrons. The van der Waals surface area contributed by atoms with Crippen LogP contribution in [0.25, 0.3) is 22.5 Å². The number of benzene rings is 3. The lowest BCUT2D eigenvalue weighted by molar-refractivity contribution is -0.145. The second kappa shape index (κ2) is 11.5. The maximum Gasteiger partial charge on any atom is 0.303 e. The van der Waals surface area contributed by atoms with Gasteiger partial charge >= 0.3 is 5.97 Å². The monoisotopic (exact) mass is 559 g/mol. The summed E-state index contributed by atoms with van der Waals surface area (Å²) in [6.45, 7) is 4.07. The van der Waals surface area contributed by atoms with Crippen LogP contribution in [0.2, 0.25) is 10.0 Å². The molecule has 4 aromatic rings. The Morgan fingerprint density at radius 3 is 2.26 bits per heavy atom. The lowest BCUT2D eigenvalue weighted by Gasteiger charge is -2.27. The van der Waals surface area contributed by atoms with E-state index >= 15 is 0 Å². The van der Waals surface area contributed by atoms with Gasteiger partial charge in [0.15, 0.2) is 5.69 Å². The standard InChI is InChI=1S/C31H27Cl2N3O3/c1-20(39-21(2)37)28-29(31(38)35-18-16-23(17-19-35)22-8-4-3-5-9-22)34-36(27-11-7-6-10-26(27)33)30(28)24-12-14-25(32)15-13-24/h3-16,20H,17-19H2,1-2H3. The van der Waals surface area contributed by atoms with E-state index in [4.69, 9.17) is 33.0 Å². The summed E-state index contributed by atoms with van der Waals surface area (Å²) in [7, 11) is 0. The second-order valence-corrected chi connectivity index (χ2v) is 10.2. The Bertz CT molecular complexity index is 1550. The molecule has 2 heterocycles. The minimum absolute atomic E-state index is 0.213. The van der Waals surface area contributed by atoms with Crippen molar-refractivity contribution in [1.29, 1.82) is 0 Å². The van der Waals surface area contributed by atoms with Crippen molar-refractivity contribution in [2.45, 2.75) is 26.4 Å². The topological polar surface area (TPSA) is 64.4 Å². The third kappa shape index (κ3) is 5.63. The van der Waals surface area contributed by atoms with Crippen LogP contribution in [0.4, 0.5) is 0 Å². The predicted octanol–water partition coefficient (Wildman–Crippen LogP) is 7.40. The third-order valence-corrected chi connectivity index (χ3v) is 7.28. The number of amides is 1. The number of ether oxygens (including phenoxy) is 1. The Morgan fingerprint density at radius 1 is 0.923 bits per heavy atom. The molecule has 1 aliphatic rings. The van der Waals surface area contributed by atoms with Crippen LogP contribution >= 0.6 is 23.2 Å². The van der Waals surface area contributed by atoms with E-state index in [9.17, 15) is 9.59 Å². The molecule has 1 amide bonds. The van der Waals surface area contributed by atoms with E-state index in [1.165, 1.54) is 12.5 Å². The number of halogens is 2. The first kappa shape index (κ1) is 26.7. The number of carbonyl (C=O) groups excluding carboxylic acids is 2. The van der Waals surface area contributed by atoms with E-state index in [-0.39, 0.29) is 11.6 Å². The average molecular weight is 560 g/mol. The predicted molar refractivity (Wildman–Crippen MR) is 154 cm³/mol. The maximum atomic E-state index is 14.0. The Labute approximate surface area is 237 Å². The first-order chi connectivity index (χ1) is 18.8. The van der Waals surface area contributed by atoms with Gasteiger partial charge in [0, 0.05) is 30.6 Å². The summed E-state index contributed by atoms with van der Waals surface area (Å²) in [5.74, 6) is -0.699. The number of rotatable bonds is 6. The van der Waals surface area contributed by atoms with E-state index in [1.807, 2.05) is 48.5 Å². The smallest absolute Gasteiger partial charge is 0.303 e.